The summed E-state index contributed by atoms with van der Waals surface area (Å²) in [5.41, 5.74) is 1.27. The van der Waals surface area contributed by atoms with E-state index in [4.69, 9.17) is 0 Å². The van der Waals surface area contributed by atoms with E-state index in [1.54, 1.807) is 11.3 Å². The van der Waals surface area contributed by atoms with Crippen LogP contribution in [-0.4, -0.2) is 18.1 Å². The normalized spacial score (nSPS) is 11.2. The van der Waals surface area contributed by atoms with Gasteiger partial charge in [-0.3, -0.25) is 0 Å². The monoisotopic (exact) mass is 226 g/mol. The number of aryl methyl sites for hydroxylation is 2. The van der Waals surface area contributed by atoms with Crippen LogP contribution in [0.15, 0.2) is 5.38 Å². The third-order valence-electron chi connectivity index (χ3n) is 2.26. The summed E-state index contributed by atoms with van der Waals surface area (Å²) in [7, 11) is 0. The van der Waals surface area contributed by atoms with Crippen LogP contribution in [0.25, 0.3) is 0 Å². The highest BCUT2D eigenvalue weighted by atomic mass is 32.1. The van der Waals surface area contributed by atoms with Gasteiger partial charge in [0, 0.05) is 5.38 Å². The second kappa shape index (κ2) is 6.96. The van der Waals surface area contributed by atoms with E-state index < -0.39 is 0 Å². The van der Waals surface area contributed by atoms with E-state index in [-0.39, 0.29) is 0 Å². The molecule has 0 fully saturated rings. The second-order valence-electron chi connectivity index (χ2n) is 4.41. The molecule has 1 aromatic rings. The Morgan fingerprint density at radius 3 is 2.80 bits per heavy atom. The topological polar surface area (TPSA) is 24.9 Å². The Balaban J connectivity index is 1.98. The second-order valence-corrected chi connectivity index (χ2v) is 5.48. The molecule has 0 spiro atoms. The highest BCUT2D eigenvalue weighted by Gasteiger charge is 1.98. The Morgan fingerprint density at radius 2 is 2.20 bits per heavy atom. The molecule has 1 N–H and O–H groups in total. The van der Waals surface area contributed by atoms with Gasteiger partial charge in [-0.2, -0.15) is 0 Å². The van der Waals surface area contributed by atoms with Crippen LogP contribution in [0.5, 0.6) is 0 Å². The molecule has 0 saturated carbocycles. The molecule has 0 aliphatic rings. The molecule has 2 nitrogen and oxygen atoms in total. The Morgan fingerprint density at radius 1 is 1.40 bits per heavy atom. The zero-order chi connectivity index (χ0) is 11.1. The van der Waals surface area contributed by atoms with Gasteiger partial charge in [-0.15, -0.1) is 11.3 Å². The van der Waals surface area contributed by atoms with E-state index in [2.05, 4.69) is 36.5 Å². The number of hydrogen-bond donors (Lipinski definition) is 1. The van der Waals surface area contributed by atoms with Crippen molar-refractivity contribution in [3.05, 3.63) is 16.1 Å². The Bertz CT molecular complexity index is 268. The van der Waals surface area contributed by atoms with Crippen molar-refractivity contribution < 1.29 is 0 Å². The molecule has 0 aromatic carbocycles. The predicted molar refractivity (Wildman–Crippen MR) is 67.5 cm³/mol. The van der Waals surface area contributed by atoms with Gasteiger partial charge in [0.2, 0.25) is 0 Å². The van der Waals surface area contributed by atoms with E-state index in [0.717, 1.165) is 25.4 Å². The molecular weight excluding hydrogens is 204 g/mol. The van der Waals surface area contributed by atoms with Crippen LogP contribution < -0.4 is 5.32 Å². The summed E-state index contributed by atoms with van der Waals surface area (Å²) in [6, 6.07) is 0. The van der Waals surface area contributed by atoms with Crippen LogP contribution >= 0.6 is 11.3 Å². The van der Waals surface area contributed by atoms with Gasteiger partial charge < -0.3 is 5.32 Å². The zero-order valence-corrected chi connectivity index (χ0v) is 10.9. The molecule has 86 valence electrons. The summed E-state index contributed by atoms with van der Waals surface area (Å²) in [6.45, 7) is 8.82. The van der Waals surface area contributed by atoms with E-state index in [0.29, 0.717) is 0 Å². The summed E-state index contributed by atoms with van der Waals surface area (Å²) < 4.78 is 0. The summed E-state index contributed by atoms with van der Waals surface area (Å²) in [5, 5.41) is 6.82. The first-order valence-corrected chi connectivity index (χ1v) is 6.68. The standard InChI is InChI=1S/C12H22N2S/c1-10(2)8-13-7-5-4-6-12-9-15-11(3)14-12/h9-10,13H,4-8H2,1-3H3. The lowest BCUT2D eigenvalue weighted by Gasteiger charge is -2.06. The van der Waals surface area contributed by atoms with Gasteiger partial charge in [-0.05, 0) is 45.2 Å². The van der Waals surface area contributed by atoms with Gasteiger partial charge in [-0.1, -0.05) is 13.8 Å². The van der Waals surface area contributed by atoms with Crippen molar-refractivity contribution in [2.45, 2.75) is 40.0 Å². The maximum Gasteiger partial charge on any atom is 0.0897 e. The van der Waals surface area contributed by atoms with E-state index in [9.17, 15) is 0 Å². The molecule has 0 saturated heterocycles. The Labute approximate surface area is 97.1 Å². The lowest BCUT2D eigenvalue weighted by molar-refractivity contribution is 0.535. The van der Waals surface area contributed by atoms with Crippen molar-refractivity contribution in [3.63, 3.8) is 0 Å². The number of nitrogens with one attached hydrogen (secondary N) is 1. The number of aromatic nitrogens is 1. The maximum atomic E-state index is 4.45. The number of nitrogens with zero attached hydrogens (tertiary/aromatic N) is 1. The third-order valence-corrected chi connectivity index (χ3v) is 3.08. The molecule has 0 unspecified atom stereocenters. The summed E-state index contributed by atoms with van der Waals surface area (Å²) in [4.78, 5) is 4.45. The highest BCUT2D eigenvalue weighted by molar-refractivity contribution is 7.09. The van der Waals surface area contributed by atoms with Crippen molar-refractivity contribution in [2.24, 2.45) is 5.92 Å². The minimum Gasteiger partial charge on any atom is -0.316 e. The quantitative estimate of drug-likeness (QED) is 0.723. The number of rotatable bonds is 7. The van der Waals surface area contributed by atoms with Crippen LogP contribution in [0.1, 0.15) is 37.4 Å². The van der Waals surface area contributed by atoms with E-state index >= 15 is 0 Å². The molecule has 15 heavy (non-hydrogen) atoms. The maximum absolute atomic E-state index is 4.45. The van der Waals surface area contributed by atoms with Crippen LogP contribution in [0, 0.1) is 12.8 Å². The molecule has 0 radical (unpaired) electrons. The molecule has 0 bridgehead atoms. The van der Waals surface area contributed by atoms with Gasteiger partial charge in [0.25, 0.3) is 0 Å². The fourth-order valence-electron chi connectivity index (χ4n) is 1.47. The summed E-state index contributed by atoms with van der Waals surface area (Å²) in [6.07, 6.45) is 3.63. The highest BCUT2D eigenvalue weighted by Crippen LogP contribution is 2.10. The average molecular weight is 226 g/mol. The van der Waals surface area contributed by atoms with Gasteiger partial charge in [0.05, 0.1) is 10.7 Å². The molecule has 3 heteroatoms. The molecule has 1 rings (SSSR count). The van der Waals surface area contributed by atoms with Gasteiger partial charge in [-0.25, -0.2) is 4.98 Å². The van der Waals surface area contributed by atoms with Crippen molar-refractivity contribution in [2.75, 3.05) is 13.1 Å². The van der Waals surface area contributed by atoms with E-state index in [1.165, 1.54) is 23.5 Å². The smallest absolute Gasteiger partial charge is 0.0897 e. The Hall–Kier alpha value is -0.410. The fourth-order valence-corrected chi connectivity index (χ4v) is 2.12. The predicted octanol–water partition coefficient (Wildman–Crippen LogP) is 3.02. The summed E-state index contributed by atoms with van der Waals surface area (Å²) >= 11 is 1.75. The van der Waals surface area contributed by atoms with Crippen LogP contribution in [-0.2, 0) is 6.42 Å². The van der Waals surface area contributed by atoms with Crippen LogP contribution in [0.2, 0.25) is 0 Å². The summed E-state index contributed by atoms with van der Waals surface area (Å²) in [5.74, 6) is 0.756. The molecule has 1 aromatic heterocycles. The first kappa shape index (κ1) is 12.7. The number of thiazole rings is 1. The molecule has 0 amide bonds. The lowest BCUT2D eigenvalue weighted by Crippen LogP contribution is -2.20. The first-order valence-electron chi connectivity index (χ1n) is 5.80. The largest absolute Gasteiger partial charge is 0.316 e. The van der Waals surface area contributed by atoms with Crippen LogP contribution in [0.3, 0.4) is 0 Å². The molecule has 0 aliphatic heterocycles. The SMILES string of the molecule is Cc1nc(CCCCNCC(C)C)cs1. The van der Waals surface area contributed by atoms with Gasteiger partial charge >= 0.3 is 0 Å². The van der Waals surface area contributed by atoms with Crippen molar-refractivity contribution in [3.8, 4) is 0 Å². The minimum atomic E-state index is 0.756. The number of hydrogen-bond acceptors (Lipinski definition) is 3. The van der Waals surface area contributed by atoms with Crippen LogP contribution in [0.4, 0.5) is 0 Å². The molecular formula is C12H22N2S. The average Bonchev–Trinajstić information content (AvgIpc) is 2.57. The fraction of sp³-hybridized carbons (Fsp3) is 0.750. The van der Waals surface area contributed by atoms with Gasteiger partial charge in [0.1, 0.15) is 0 Å². The molecule has 0 aliphatic carbocycles. The zero-order valence-electron chi connectivity index (χ0n) is 10.0. The van der Waals surface area contributed by atoms with E-state index in [1.807, 2.05) is 0 Å². The van der Waals surface area contributed by atoms with Crippen molar-refractivity contribution >= 4 is 11.3 Å². The lowest BCUT2D eigenvalue weighted by atomic mass is 10.2. The third kappa shape index (κ3) is 5.90. The van der Waals surface area contributed by atoms with Crippen molar-refractivity contribution in [1.82, 2.24) is 10.3 Å². The Kier molecular flexibility index (Phi) is 5.88. The van der Waals surface area contributed by atoms with Crippen molar-refractivity contribution in [1.29, 1.82) is 0 Å². The first-order chi connectivity index (χ1) is 7.18. The minimum absolute atomic E-state index is 0.756. The molecule has 0 atom stereocenters. The molecule has 1 heterocycles. The van der Waals surface area contributed by atoms with Gasteiger partial charge in [0.15, 0.2) is 0 Å². The number of unbranched alkanes of at least 4 members (excludes halogenated alkanes) is 1.